The summed E-state index contributed by atoms with van der Waals surface area (Å²) < 4.78 is 5.64. The summed E-state index contributed by atoms with van der Waals surface area (Å²) in [5, 5.41) is 10.5. The lowest BCUT2D eigenvalue weighted by Crippen LogP contribution is -2.08. The van der Waals surface area contributed by atoms with Crippen LogP contribution in [0.5, 0.6) is 0 Å². The molecule has 0 bridgehead atoms. The summed E-state index contributed by atoms with van der Waals surface area (Å²) in [6, 6.07) is 6.45. The number of hydrogen-bond donors (Lipinski definition) is 1. The fourth-order valence-electron chi connectivity index (χ4n) is 2.94. The van der Waals surface area contributed by atoms with Crippen molar-refractivity contribution >= 4 is 33.8 Å². The fraction of sp³-hybridized carbons (Fsp3) is 0.471. The van der Waals surface area contributed by atoms with E-state index in [2.05, 4.69) is 52.2 Å². The first-order valence-corrected chi connectivity index (χ1v) is 9.10. The maximum Gasteiger partial charge on any atom is 0.211 e. The lowest BCUT2D eigenvalue weighted by Gasteiger charge is -2.06. The summed E-state index contributed by atoms with van der Waals surface area (Å²) in [5.74, 6) is 1.39. The SMILES string of the molecule is CC(C)c1ccc2[nH]c3nc(SC[C@H]4CCCO4)nnc3c2c1. The van der Waals surface area contributed by atoms with Gasteiger partial charge in [-0.05, 0) is 36.5 Å². The van der Waals surface area contributed by atoms with Gasteiger partial charge in [-0.15, -0.1) is 10.2 Å². The summed E-state index contributed by atoms with van der Waals surface area (Å²) in [7, 11) is 0. The smallest absolute Gasteiger partial charge is 0.211 e. The Balaban J connectivity index is 1.64. The van der Waals surface area contributed by atoms with E-state index in [0.29, 0.717) is 17.2 Å². The highest BCUT2D eigenvalue weighted by Gasteiger charge is 2.17. The third-order valence-electron chi connectivity index (χ3n) is 4.31. The molecule has 120 valence electrons. The highest BCUT2D eigenvalue weighted by atomic mass is 32.2. The molecule has 0 unspecified atom stereocenters. The predicted molar refractivity (Wildman–Crippen MR) is 93.0 cm³/mol. The number of nitrogens with one attached hydrogen (secondary N) is 1. The summed E-state index contributed by atoms with van der Waals surface area (Å²) in [6.45, 7) is 5.27. The van der Waals surface area contributed by atoms with Gasteiger partial charge in [-0.25, -0.2) is 4.98 Å². The summed E-state index contributed by atoms with van der Waals surface area (Å²) in [5.41, 5.74) is 4.03. The first-order chi connectivity index (χ1) is 11.2. The van der Waals surface area contributed by atoms with Crippen molar-refractivity contribution in [3.05, 3.63) is 23.8 Å². The zero-order valence-corrected chi connectivity index (χ0v) is 14.2. The highest BCUT2D eigenvalue weighted by molar-refractivity contribution is 7.99. The minimum absolute atomic E-state index is 0.329. The van der Waals surface area contributed by atoms with Crippen molar-refractivity contribution in [3.63, 3.8) is 0 Å². The molecular formula is C17H20N4OS. The Kier molecular flexibility index (Phi) is 3.95. The Morgan fingerprint density at radius 1 is 1.35 bits per heavy atom. The monoisotopic (exact) mass is 328 g/mol. The van der Waals surface area contributed by atoms with Crippen LogP contribution in [0.15, 0.2) is 23.4 Å². The molecule has 2 aromatic heterocycles. The van der Waals surface area contributed by atoms with Crippen molar-refractivity contribution in [3.8, 4) is 0 Å². The van der Waals surface area contributed by atoms with Crippen LogP contribution in [-0.4, -0.2) is 38.6 Å². The second-order valence-corrected chi connectivity index (χ2v) is 7.31. The molecule has 0 amide bonds. The molecule has 1 N–H and O–H groups in total. The van der Waals surface area contributed by atoms with E-state index in [1.165, 1.54) is 5.56 Å². The number of H-pyrrole nitrogens is 1. The largest absolute Gasteiger partial charge is 0.377 e. The van der Waals surface area contributed by atoms with Crippen LogP contribution in [0.4, 0.5) is 0 Å². The maximum atomic E-state index is 5.64. The van der Waals surface area contributed by atoms with Crippen LogP contribution in [0, 0.1) is 0 Å². The van der Waals surface area contributed by atoms with Gasteiger partial charge < -0.3 is 9.72 Å². The molecule has 3 heterocycles. The van der Waals surface area contributed by atoms with Crippen molar-refractivity contribution < 1.29 is 4.74 Å². The van der Waals surface area contributed by atoms with E-state index in [9.17, 15) is 0 Å². The Morgan fingerprint density at radius 3 is 3.04 bits per heavy atom. The number of fused-ring (bicyclic) bond motifs is 3. The number of benzene rings is 1. The predicted octanol–water partition coefficient (Wildman–Crippen LogP) is 3.90. The van der Waals surface area contributed by atoms with E-state index in [0.717, 1.165) is 47.3 Å². The number of aromatic amines is 1. The van der Waals surface area contributed by atoms with Gasteiger partial charge in [0.05, 0.1) is 6.10 Å². The van der Waals surface area contributed by atoms with Crippen molar-refractivity contribution in [2.75, 3.05) is 12.4 Å². The van der Waals surface area contributed by atoms with Crippen molar-refractivity contribution in [1.82, 2.24) is 20.2 Å². The Labute approximate surface area is 139 Å². The summed E-state index contributed by atoms with van der Waals surface area (Å²) >= 11 is 1.62. The zero-order chi connectivity index (χ0) is 15.8. The molecule has 1 aliphatic heterocycles. The Hall–Kier alpha value is -1.66. The molecule has 0 saturated carbocycles. The van der Waals surface area contributed by atoms with E-state index >= 15 is 0 Å². The molecule has 5 nitrogen and oxygen atoms in total. The molecule has 6 heteroatoms. The van der Waals surface area contributed by atoms with Gasteiger partial charge in [0.25, 0.3) is 0 Å². The normalized spacial score (nSPS) is 18.5. The quantitative estimate of drug-likeness (QED) is 0.736. The average Bonchev–Trinajstić information content (AvgIpc) is 3.19. The minimum atomic E-state index is 0.329. The number of nitrogens with zero attached hydrogens (tertiary/aromatic N) is 3. The minimum Gasteiger partial charge on any atom is -0.377 e. The third-order valence-corrected chi connectivity index (χ3v) is 5.28. The fourth-order valence-corrected chi connectivity index (χ4v) is 3.79. The van der Waals surface area contributed by atoms with E-state index in [-0.39, 0.29) is 0 Å². The van der Waals surface area contributed by atoms with Gasteiger partial charge in [0.2, 0.25) is 5.16 Å². The molecule has 1 saturated heterocycles. The van der Waals surface area contributed by atoms with E-state index in [1.807, 2.05) is 0 Å². The van der Waals surface area contributed by atoms with E-state index < -0.39 is 0 Å². The van der Waals surface area contributed by atoms with Crippen LogP contribution in [-0.2, 0) is 4.74 Å². The van der Waals surface area contributed by atoms with Crippen molar-refractivity contribution in [2.45, 2.75) is 43.9 Å². The highest BCUT2D eigenvalue weighted by Crippen LogP contribution is 2.27. The molecule has 1 aliphatic rings. The standard InChI is InChI=1S/C17H20N4OS/c1-10(2)11-5-6-14-13(8-11)15-16(18-14)19-17(21-20-15)23-9-12-4-3-7-22-12/h5-6,8,10,12H,3-4,7,9H2,1-2H3,(H,18,19,21)/t12-/m1/s1. The first kappa shape index (κ1) is 14.9. The Bertz CT molecular complexity index is 839. The number of aromatic nitrogens is 4. The number of ether oxygens (including phenoxy) is 1. The molecule has 0 aliphatic carbocycles. The van der Waals surface area contributed by atoms with E-state index in [1.54, 1.807) is 11.8 Å². The van der Waals surface area contributed by atoms with Gasteiger partial charge in [0.15, 0.2) is 5.65 Å². The number of rotatable bonds is 4. The van der Waals surface area contributed by atoms with Crippen LogP contribution >= 0.6 is 11.8 Å². The molecule has 0 spiro atoms. The Morgan fingerprint density at radius 2 is 2.26 bits per heavy atom. The number of thioether (sulfide) groups is 1. The van der Waals surface area contributed by atoms with Crippen molar-refractivity contribution in [2.24, 2.45) is 0 Å². The van der Waals surface area contributed by atoms with E-state index in [4.69, 9.17) is 4.74 Å². The molecule has 3 aromatic rings. The second-order valence-electron chi connectivity index (χ2n) is 6.32. The van der Waals surface area contributed by atoms with Crippen molar-refractivity contribution in [1.29, 1.82) is 0 Å². The summed E-state index contributed by atoms with van der Waals surface area (Å²) in [6.07, 6.45) is 2.62. The van der Waals surface area contributed by atoms with Gasteiger partial charge in [0, 0.05) is 23.3 Å². The van der Waals surface area contributed by atoms with Crippen LogP contribution in [0.1, 0.15) is 38.2 Å². The maximum absolute atomic E-state index is 5.64. The average molecular weight is 328 g/mol. The van der Waals surface area contributed by atoms with Gasteiger partial charge in [-0.2, -0.15) is 0 Å². The van der Waals surface area contributed by atoms with Crippen LogP contribution in [0.25, 0.3) is 22.1 Å². The second kappa shape index (κ2) is 6.09. The van der Waals surface area contributed by atoms with Gasteiger partial charge in [-0.1, -0.05) is 31.7 Å². The van der Waals surface area contributed by atoms with Gasteiger partial charge in [-0.3, -0.25) is 0 Å². The van der Waals surface area contributed by atoms with Crippen LogP contribution in [0.2, 0.25) is 0 Å². The topological polar surface area (TPSA) is 63.7 Å². The first-order valence-electron chi connectivity index (χ1n) is 8.11. The molecule has 1 aromatic carbocycles. The van der Waals surface area contributed by atoms with Crippen LogP contribution < -0.4 is 0 Å². The number of hydrogen-bond acceptors (Lipinski definition) is 5. The lowest BCUT2D eigenvalue weighted by molar-refractivity contribution is 0.129. The third kappa shape index (κ3) is 2.93. The molecule has 1 atom stereocenters. The molecular weight excluding hydrogens is 308 g/mol. The summed E-state index contributed by atoms with van der Waals surface area (Å²) in [4.78, 5) is 7.98. The van der Waals surface area contributed by atoms with Gasteiger partial charge >= 0.3 is 0 Å². The van der Waals surface area contributed by atoms with Crippen LogP contribution in [0.3, 0.4) is 0 Å². The zero-order valence-electron chi connectivity index (χ0n) is 13.4. The molecule has 23 heavy (non-hydrogen) atoms. The molecule has 0 radical (unpaired) electrons. The van der Waals surface area contributed by atoms with Gasteiger partial charge in [0.1, 0.15) is 5.52 Å². The molecule has 1 fully saturated rings. The molecule has 4 rings (SSSR count). The lowest BCUT2D eigenvalue weighted by atomic mass is 10.0.